The Kier molecular flexibility index (Phi) is 5.08. The summed E-state index contributed by atoms with van der Waals surface area (Å²) in [5, 5.41) is 5.80. The molecule has 1 aromatic heterocycles. The Morgan fingerprint density at radius 2 is 1.91 bits per heavy atom. The fraction of sp³-hybridized carbons (Fsp3) is 0.333. The number of hydrogen-bond donors (Lipinski definition) is 3. The van der Waals surface area contributed by atoms with Gasteiger partial charge in [0.25, 0.3) is 0 Å². The van der Waals surface area contributed by atoms with Gasteiger partial charge in [0.1, 0.15) is 23.6 Å². The topological polar surface area (TPSA) is 75.9 Å². The van der Waals surface area contributed by atoms with Crippen LogP contribution in [0.1, 0.15) is 20.3 Å². The first-order chi connectivity index (χ1) is 10.5. The predicted octanol–water partition coefficient (Wildman–Crippen LogP) is 3.54. The molecule has 2 rings (SSSR count). The highest BCUT2D eigenvalue weighted by molar-refractivity contribution is 5.77. The Bertz CT molecular complexity index is 646. The van der Waals surface area contributed by atoms with Gasteiger partial charge in [-0.05, 0) is 24.5 Å². The highest BCUT2D eigenvalue weighted by Gasteiger charge is 2.11. The highest BCUT2D eigenvalue weighted by Crippen LogP contribution is 2.27. The van der Waals surface area contributed by atoms with Gasteiger partial charge in [0, 0.05) is 12.6 Å². The molecule has 1 heterocycles. The molecule has 22 heavy (non-hydrogen) atoms. The number of nitrogens with two attached hydrogens (primary N) is 1. The minimum Gasteiger partial charge on any atom is -0.393 e. The maximum atomic E-state index is 13.7. The van der Waals surface area contributed by atoms with Crippen molar-refractivity contribution in [1.82, 2.24) is 9.97 Å². The lowest BCUT2D eigenvalue weighted by atomic mass is 10.1. The summed E-state index contributed by atoms with van der Waals surface area (Å²) in [4.78, 5) is 8.03. The van der Waals surface area contributed by atoms with Crippen LogP contribution in [0.4, 0.5) is 31.8 Å². The van der Waals surface area contributed by atoms with Crippen LogP contribution in [0.3, 0.4) is 0 Å². The molecule has 0 amide bonds. The van der Waals surface area contributed by atoms with E-state index >= 15 is 0 Å². The van der Waals surface area contributed by atoms with E-state index in [0.717, 1.165) is 24.6 Å². The van der Waals surface area contributed by atoms with Crippen LogP contribution in [-0.2, 0) is 0 Å². The van der Waals surface area contributed by atoms with E-state index in [-0.39, 0.29) is 17.2 Å². The first-order valence-electron chi connectivity index (χ1n) is 7.03. The number of hydrogen-bond acceptors (Lipinski definition) is 5. The molecular formula is C15H19F2N5. The summed E-state index contributed by atoms with van der Waals surface area (Å²) in [5.41, 5.74) is 6.20. The molecule has 0 radical (unpaired) electrons. The molecule has 2 aromatic rings. The summed E-state index contributed by atoms with van der Waals surface area (Å²) in [6, 6.07) is 3.13. The minimum atomic E-state index is -0.589. The van der Waals surface area contributed by atoms with Crippen molar-refractivity contribution in [3.05, 3.63) is 36.2 Å². The molecule has 0 fully saturated rings. The fourth-order valence-electron chi connectivity index (χ4n) is 1.84. The van der Waals surface area contributed by atoms with Gasteiger partial charge in [-0.15, -0.1) is 0 Å². The van der Waals surface area contributed by atoms with Crippen LogP contribution >= 0.6 is 0 Å². The van der Waals surface area contributed by atoms with Gasteiger partial charge in [-0.1, -0.05) is 13.8 Å². The molecule has 0 bridgehead atoms. The van der Waals surface area contributed by atoms with Gasteiger partial charge in [0.15, 0.2) is 11.6 Å². The molecule has 5 nitrogen and oxygen atoms in total. The van der Waals surface area contributed by atoms with Crippen LogP contribution in [0.5, 0.6) is 0 Å². The zero-order valence-corrected chi connectivity index (χ0v) is 12.5. The number of halogens is 2. The first-order valence-corrected chi connectivity index (χ1v) is 7.03. The second kappa shape index (κ2) is 7.02. The summed E-state index contributed by atoms with van der Waals surface area (Å²) in [6.45, 7) is 4.95. The van der Waals surface area contributed by atoms with E-state index in [9.17, 15) is 8.78 Å². The van der Waals surface area contributed by atoms with E-state index in [4.69, 9.17) is 5.73 Å². The summed E-state index contributed by atoms with van der Waals surface area (Å²) >= 11 is 0. The van der Waals surface area contributed by atoms with Crippen LogP contribution < -0.4 is 16.4 Å². The van der Waals surface area contributed by atoms with Crippen molar-refractivity contribution in [2.75, 3.05) is 22.9 Å². The molecule has 0 spiro atoms. The van der Waals surface area contributed by atoms with Gasteiger partial charge < -0.3 is 16.4 Å². The number of anilines is 4. The van der Waals surface area contributed by atoms with Crippen molar-refractivity contribution in [1.29, 1.82) is 0 Å². The van der Waals surface area contributed by atoms with E-state index < -0.39 is 11.6 Å². The molecular weight excluding hydrogens is 288 g/mol. The number of nitrogens with zero attached hydrogens (tertiary/aromatic N) is 2. The molecule has 0 unspecified atom stereocenters. The molecule has 0 aliphatic carbocycles. The van der Waals surface area contributed by atoms with Crippen LogP contribution in [0.15, 0.2) is 24.5 Å². The van der Waals surface area contributed by atoms with E-state index in [1.54, 1.807) is 0 Å². The highest BCUT2D eigenvalue weighted by atomic mass is 19.1. The predicted molar refractivity (Wildman–Crippen MR) is 84.0 cm³/mol. The van der Waals surface area contributed by atoms with Crippen molar-refractivity contribution in [2.45, 2.75) is 20.3 Å². The van der Waals surface area contributed by atoms with Crippen molar-refractivity contribution in [3.8, 4) is 0 Å². The van der Waals surface area contributed by atoms with Crippen molar-refractivity contribution in [2.24, 2.45) is 5.92 Å². The van der Waals surface area contributed by atoms with Gasteiger partial charge in [-0.2, -0.15) is 0 Å². The molecule has 0 aliphatic rings. The Balaban J connectivity index is 2.16. The Labute approximate surface area is 128 Å². The van der Waals surface area contributed by atoms with Crippen LogP contribution in [0, 0.1) is 17.6 Å². The lowest BCUT2D eigenvalue weighted by molar-refractivity contribution is 0.603. The molecule has 0 atom stereocenters. The van der Waals surface area contributed by atoms with E-state index in [1.807, 2.05) is 0 Å². The molecule has 0 aliphatic heterocycles. The number of nitrogens with one attached hydrogen (secondary N) is 2. The SMILES string of the molecule is CC(C)CCNc1ncnc(Nc2cc(F)ccc2F)c1N. The van der Waals surface area contributed by atoms with Gasteiger partial charge in [-0.25, -0.2) is 18.7 Å². The number of benzene rings is 1. The van der Waals surface area contributed by atoms with E-state index in [2.05, 4.69) is 34.4 Å². The Morgan fingerprint density at radius 1 is 1.18 bits per heavy atom. The van der Waals surface area contributed by atoms with Crippen LogP contribution in [0.25, 0.3) is 0 Å². The largest absolute Gasteiger partial charge is 0.393 e. The molecule has 0 saturated heterocycles. The summed E-state index contributed by atoms with van der Waals surface area (Å²) in [6.07, 6.45) is 2.28. The van der Waals surface area contributed by atoms with E-state index in [0.29, 0.717) is 18.3 Å². The zero-order chi connectivity index (χ0) is 16.1. The molecule has 0 saturated carbocycles. The van der Waals surface area contributed by atoms with Crippen molar-refractivity contribution < 1.29 is 8.78 Å². The molecule has 4 N–H and O–H groups in total. The minimum absolute atomic E-state index is 0.0291. The summed E-state index contributed by atoms with van der Waals surface area (Å²) in [5.74, 6) is 0.108. The molecule has 1 aromatic carbocycles. The second-order valence-corrected chi connectivity index (χ2v) is 5.34. The average Bonchev–Trinajstić information content (AvgIpc) is 2.46. The molecule has 7 heteroatoms. The molecule has 118 valence electrons. The Morgan fingerprint density at radius 3 is 2.64 bits per heavy atom. The lowest BCUT2D eigenvalue weighted by Gasteiger charge is -2.13. The third-order valence-corrected chi connectivity index (χ3v) is 3.08. The maximum Gasteiger partial charge on any atom is 0.159 e. The number of aromatic nitrogens is 2. The van der Waals surface area contributed by atoms with Crippen molar-refractivity contribution in [3.63, 3.8) is 0 Å². The lowest BCUT2D eigenvalue weighted by Crippen LogP contribution is -2.10. The normalized spacial score (nSPS) is 10.8. The smallest absolute Gasteiger partial charge is 0.159 e. The first kappa shape index (κ1) is 15.9. The Hall–Kier alpha value is -2.44. The van der Waals surface area contributed by atoms with Gasteiger partial charge >= 0.3 is 0 Å². The third kappa shape index (κ3) is 4.03. The standard InChI is InChI=1S/C15H19F2N5/c1-9(2)5-6-19-14-13(18)15(21-8-20-14)22-12-7-10(16)3-4-11(12)17/h3-4,7-9H,5-6,18H2,1-2H3,(H2,19,20,21,22). The maximum absolute atomic E-state index is 13.7. The van der Waals surface area contributed by atoms with Gasteiger partial charge in [0.05, 0.1) is 5.69 Å². The van der Waals surface area contributed by atoms with Gasteiger partial charge in [0.2, 0.25) is 0 Å². The third-order valence-electron chi connectivity index (χ3n) is 3.08. The summed E-state index contributed by atoms with van der Waals surface area (Å²) < 4.78 is 26.8. The quantitative estimate of drug-likeness (QED) is 0.761. The number of rotatable bonds is 6. The van der Waals surface area contributed by atoms with E-state index in [1.165, 1.54) is 6.33 Å². The zero-order valence-electron chi connectivity index (χ0n) is 12.5. The van der Waals surface area contributed by atoms with Crippen LogP contribution in [-0.4, -0.2) is 16.5 Å². The van der Waals surface area contributed by atoms with Crippen molar-refractivity contribution >= 4 is 23.0 Å². The number of nitrogen functional groups attached to an aromatic ring is 1. The van der Waals surface area contributed by atoms with Crippen LogP contribution in [0.2, 0.25) is 0 Å². The average molecular weight is 307 g/mol. The second-order valence-electron chi connectivity index (χ2n) is 5.34. The monoisotopic (exact) mass is 307 g/mol. The fourth-order valence-corrected chi connectivity index (χ4v) is 1.84. The van der Waals surface area contributed by atoms with Gasteiger partial charge in [-0.3, -0.25) is 0 Å². The summed E-state index contributed by atoms with van der Waals surface area (Å²) in [7, 11) is 0.